The average molecular weight is 504 g/mol. The van der Waals surface area contributed by atoms with Gasteiger partial charge < -0.3 is 56.9 Å². The molecule has 0 heterocycles. The van der Waals surface area contributed by atoms with Crippen LogP contribution in [0, 0.1) is 0 Å². The van der Waals surface area contributed by atoms with E-state index in [1.807, 2.05) is 0 Å². The second-order valence-corrected chi connectivity index (χ2v) is 7.34. The van der Waals surface area contributed by atoms with E-state index < -0.39 is 0 Å². The molecule has 0 unspecified atom stereocenters. The molecular formula is C16H30I2N2. The lowest BCUT2D eigenvalue weighted by molar-refractivity contribution is -0.870. The van der Waals surface area contributed by atoms with E-state index in [4.69, 9.17) is 0 Å². The molecule has 0 aliphatic carbocycles. The topological polar surface area (TPSA) is 0 Å². The zero-order valence-electron chi connectivity index (χ0n) is 13.8. The summed E-state index contributed by atoms with van der Waals surface area (Å²) >= 11 is 0. The van der Waals surface area contributed by atoms with Crippen molar-refractivity contribution < 1.29 is 56.9 Å². The smallest absolute Gasteiger partial charge is 0.0821 e. The van der Waals surface area contributed by atoms with Gasteiger partial charge in [-0.05, 0) is 11.1 Å². The molecule has 0 fully saturated rings. The van der Waals surface area contributed by atoms with Crippen LogP contribution in [-0.2, 0) is 12.8 Å². The van der Waals surface area contributed by atoms with E-state index in [1.165, 1.54) is 37.1 Å². The Kier molecular flexibility index (Phi) is 11.0. The number of quaternary nitrogens is 2. The van der Waals surface area contributed by atoms with Gasteiger partial charge in [0.25, 0.3) is 0 Å². The lowest BCUT2D eigenvalue weighted by atomic mass is 10.1. The quantitative estimate of drug-likeness (QED) is 0.276. The third-order valence-corrected chi connectivity index (χ3v) is 3.17. The summed E-state index contributed by atoms with van der Waals surface area (Å²) in [4.78, 5) is 0. The minimum absolute atomic E-state index is 0. The Labute approximate surface area is 159 Å². The summed E-state index contributed by atoms with van der Waals surface area (Å²) in [5, 5.41) is 0. The van der Waals surface area contributed by atoms with Crippen LogP contribution in [0.3, 0.4) is 0 Å². The number of likely N-dealkylation sites (N-methyl/N-ethyl adjacent to an activating group) is 2. The maximum Gasteiger partial charge on any atom is 0.0821 e. The Morgan fingerprint density at radius 2 is 0.850 bits per heavy atom. The molecule has 2 nitrogen and oxygen atoms in total. The first-order chi connectivity index (χ1) is 8.16. The van der Waals surface area contributed by atoms with E-state index in [0.29, 0.717) is 0 Å². The largest absolute Gasteiger partial charge is 1.00 e. The van der Waals surface area contributed by atoms with Gasteiger partial charge in [0, 0.05) is 12.8 Å². The van der Waals surface area contributed by atoms with Gasteiger partial charge in [0.2, 0.25) is 0 Å². The van der Waals surface area contributed by atoms with Crippen LogP contribution >= 0.6 is 0 Å². The molecular weight excluding hydrogens is 474 g/mol. The van der Waals surface area contributed by atoms with Gasteiger partial charge in [0.15, 0.2) is 0 Å². The SMILES string of the molecule is C[N+](C)(C)CCc1ccc(CC[N+](C)(C)C)cc1.[I-].[I-]. The second-order valence-electron chi connectivity index (χ2n) is 7.34. The van der Waals surface area contributed by atoms with E-state index in [9.17, 15) is 0 Å². The number of rotatable bonds is 6. The van der Waals surface area contributed by atoms with Crippen LogP contribution in [0.2, 0.25) is 0 Å². The highest BCUT2D eigenvalue weighted by Crippen LogP contribution is 2.08. The van der Waals surface area contributed by atoms with Crippen LogP contribution in [-0.4, -0.2) is 64.3 Å². The number of hydrogen-bond donors (Lipinski definition) is 0. The predicted molar refractivity (Wildman–Crippen MR) is 79.6 cm³/mol. The van der Waals surface area contributed by atoms with Crippen molar-refractivity contribution in [2.45, 2.75) is 12.8 Å². The molecule has 0 N–H and O–H groups in total. The summed E-state index contributed by atoms with van der Waals surface area (Å²) in [6, 6.07) is 9.17. The van der Waals surface area contributed by atoms with E-state index in [2.05, 4.69) is 66.6 Å². The molecule has 20 heavy (non-hydrogen) atoms. The summed E-state index contributed by atoms with van der Waals surface area (Å²) in [6.45, 7) is 2.39. The summed E-state index contributed by atoms with van der Waals surface area (Å²) in [6.07, 6.45) is 2.33. The minimum Gasteiger partial charge on any atom is -1.00 e. The molecule has 0 bridgehead atoms. The third kappa shape index (κ3) is 11.3. The summed E-state index contributed by atoms with van der Waals surface area (Å²) < 4.78 is 2.06. The van der Waals surface area contributed by atoms with Crippen LogP contribution in [0.15, 0.2) is 24.3 Å². The highest BCUT2D eigenvalue weighted by atomic mass is 127. The molecule has 118 valence electrons. The van der Waals surface area contributed by atoms with Crippen LogP contribution in [0.5, 0.6) is 0 Å². The first-order valence-electron chi connectivity index (χ1n) is 6.84. The van der Waals surface area contributed by atoms with E-state index in [-0.39, 0.29) is 48.0 Å². The van der Waals surface area contributed by atoms with E-state index >= 15 is 0 Å². The van der Waals surface area contributed by atoms with Crippen molar-refractivity contribution in [3.63, 3.8) is 0 Å². The molecule has 1 rings (SSSR count). The first-order valence-corrected chi connectivity index (χ1v) is 6.84. The molecule has 0 atom stereocenters. The van der Waals surface area contributed by atoms with Crippen LogP contribution in [0.25, 0.3) is 0 Å². The highest BCUT2D eigenvalue weighted by molar-refractivity contribution is 5.22. The molecule has 4 heteroatoms. The fourth-order valence-electron chi connectivity index (χ4n) is 1.80. The van der Waals surface area contributed by atoms with Gasteiger partial charge in [-0.1, -0.05) is 24.3 Å². The summed E-state index contributed by atoms with van der Waals surface area (Å²) in [5.74, 6) is 0. The fraction of sp³-hybridized carbons (Fsp3) is 0.625. The minimum atomic E-state index is 0. The Balaban J connectivity index is 0. The molecule has 1 aromatic rings. The zero-order valence-corrected chi connectivity index (χ0v) is 18.1. The van der Waals surface area contributed by atoms with Crippen molar-refractivity contribution in [2.24, 2.45) is 0 Å². The van der Waals surface area contributed by atoms with Gasteiger partial charge in [0.1, 0.15) is 0 Å². The van der Waals surface area contributed by atoms with Crippen LogP contribution in [0.1, 0.15) is 11.1 Å². The Morgan fingerprint density at radius 3 is 1.05 bits per heavy atom. The molecule has 0 saturated heterocycles. The Morgan fingerprint density at radius 1 is 0.600 bits per heavy atom. The zero-order chi connectivity index (χ0) is 13.8. The molecule has 0 aliphatic rings. The third-order valence-electron chi connectivity index (χ3n) is 3.17. The van der Waals surface area contributed by atoms with Crippen molar-refractivity contribution in [2.75, 3.05) is 55.4 Å². The number of nitrogens with zero attached hydrogens (tertiary/aromatic N) is 2. The first kappa shape index (κ1) is 22.9. The predicted octanol–water partition coefficient (Wildman–Crippen LogP) is -3.81. The Hall–Kier alpha value is 0.600. The Bertz CT molecular complexity index is 325. The maximum absolute atomic E-state index is 2.29. The standard InChI is InChI=1S/C16H30N2.2HI/c1-17(2,3)13-11-15-7-9-16(10-8-15)12-14-18(4,5)6;;/h7-10H,11-14H2,1-6H3;2*1H/q+2;;/p-2. The molecule has 0 aliphatic heterocycles. The lowest BCUT2D eigenvalue weighted by Gasteiger charge is -2.24. The van der Waals surface area contributed by atoms with Crippen LogP contribution < -0.4 is 48.0 Å². The summed E-state index contributed by atoms with van der Waals surface area (Å²) in [5.41, 5.74) is 2.91. The van der Waals surface area contributed by atoms with Crippen LogP contribution in [0.4, 0.5) is 0 Å². The van der Waals surface area contributed by atoms with Crippen molar-refractivity contribution in [3.8, 4) is 0 Å². The maximum atomic E-state index is 2.29. The normalized spacial score (nSPS) is 11.5. The second kappa shape index (κ2) is 9.58. The highest BCUT2D eigenvalue weighted by Gasteiger charge is 2.08. The average Bonchev–Trinajstić information content (AvgIpc) is 2.23. The van der Waals surface area contributed by atoms with E-state index in [1.54, 1.807) is 0 Å². The van der Waals surface area contributed by atoms with Gasteiger partial charge in [-0.3, -0.25) is 0 Å². The van der Waals surface area contributed by atoms with Gasteiger partial charge in [-0.15, -0.1) is 0 Å². The van der Waals surface area contributed by atoms with Crippen molar-refractivity contribution >= 4 is 0 Å². The van der Waals surface area contributed by atoms with Crippen molar-refractivity contribution in [1.82, 2.24) is 0 Å². The molecule has 0 amide bonds. The lowest BCUT2D eigenvalue weighted by Crippen LogP contribution is -3.00. The number of halogens is 2. The number of hydrogen-bond acceptors (Lipinski definition) is 0. The van der Waals surface area contributed by atoms with E-state index in [0.717, 1.165) is 8.97 Å². The van der Waals surface area contributed by atoms with Gasteiger partial charge >= 0.3 is 0 Å². The molecule has 0 spiro atoms. The molecule has 0 radical (unpaired) electrons. The number of benzene rings is 1. The fourth-order valence-corrected chi connectivity index (χ4v) is 1.80. The monoisotopic (exact) mass is 504 g/mol. The molecule has 0 aromatic heterocycles. The van der Waals surface area contributed by atoms with Crippen molar-refractivity contribution in [1.29, 1.82) is 0 Å². The van der Waals surface area contributed by atoms with Gasteiger partial charge in [-0.25, -0.2) is 0 Å². The van der Waals surface area contributed by atoms with Gasteiger partial charge in [0.05, 0.1) is 55.4 Å². The van der Waals surface area contributed by atoms with Gasteiger partial charge in [-0.2, -0.15) is 0 Å². The van der Waals surface area contributed by atoms with Crippen molar-refractivity contribution in [3.05, 3.63) is 35.4 Å². The summed E-state index contributed by atoms with van der Waals surface area (Å²) in [7, 11) is 13.5. The molecule has 0 saturated carbocycles. The molecule has 1 aromatic carbocycles.